The second-order valence-corrected chi connectivity index (χ2v) is 7.14. The SMILES string of the molecule is C=C=C(C)C(C(=O)N(CCCC)S(C)(=O)=O)c1ccccc1. The summed E-state index contributed by atoms with van der Waals surface area (Å²) in [6, 6.07) is 9.11. The fraction of sp³-hybridized carbons (Fsp3) is 0.412. The standard InChI is InChI=1S/C17H23NO3S/c1-5-7-13-18(22(4,20)21)17(19)16(14(3)6-2)15-11-9-8-10-12-15/h8-12,16H,2,5,7,13H2,1,3-4H3. The van der Waals surface area contributed by atoms with Crippen molar-refractivity contribution < 1.29 is 13.2 Å². The first-order valence-corrected chi connectivity index (χ1v) is 9.10. The highest BCUT2D eigenvalue weighted by atomic mass is 32.2. The molecule has 5 heteroatoms. The molecule has 120 valence electrons. The van der Waals surface area contributed by atoms with Gasteiger partial charge in [-0.05, 0) is 24.5 Å². The molecule has 0 fully saturated rings. The number of nitrogens with zero attached hydrogens (tertiary/aromatic N) is 1. The molecule has 0 aliphatic heterocycles. The lowest BCUT2D eigenvalue weighted by molar-refractivity contribution is -0.127. The van der Waals surface area contributed by atoms with Crippen molar-refractivity contribution in [2.24, 2.45) is 0 Å². The number of rotatable bonds is 7. The van der Waals surface area contributed by atoms with Crippen LogP contribution in [0.5, 0.6) is 0 Å². The molecule has 1 atom stereocenters. The van der Waals surface area contributed by atoms with Crippen molar-refractivity contribution in [2.45, 2.75) is 32.6 Å². The van der Waals surface area contributed by atoms with Crippen LogP contribution in [0, 0.1) is 0 Å². The molecule has 0 saturated heterocycles. The van der Waals surface area contributed by atoms with E-state index in [0.29, 0.717) is 12.0 Å². The Hall–Kier alpha value is -1.84. The zero-order valence-corrected chi connectivity index (χ0v) is 14.2. The average Bonchev–Trinajstić information content (AvgIpc) is 2.47. The molecule has 1 aromatic rings. The summed E-state index contributed by atoms with van der Waals surface area (Å²) in [5.74, 6) is -1.12. The van der Waals surface area contributed by atoms with Crippen molar-refractivity contribution in [3.8, 4) is 0 Å². The molecule has 1 rings (SSSR count). The Bertz CT molecular complexity index is 658. The third-order valence-electron chi connectivity index (χ3n) is 3.45. The molecule has 0 bridgehead atoms. The van der Waals surface area contributed by atoms with Crippen LogP contribution in [0.15, 0.2) is 48.2 Å². The van der Waals surface area contributed by atoms with Crippen molar-refractivity contribution >= 4 is 15.9 Å². The molecule has 0 aliphatic rings. The smallest absolute Gasteiger partial charge is 0.248 e. The maximum atomic E-state index is 12.9. The van der Waals surface area contributed by atoms with E-state index in [1.54, 1.807) is 6.92 Å². The average molecular weight is 321 g/mol. The van der Waals surface area contributed by atoms with Crippen molar-refractivity contribution in [1.82, 2.24) is 4.31 Å². The third kappa shape index (κ3) is 4.58. The van der Waals surface area contributed by atoms with E-state index in [9.17, 15) is 13.2 Å². The van der Waals surface area contributed by atoms with Gasteiger partial charge in [-0.3, -0.25) is 4.79 Å². The van der Waals surface area contributed by atoms with Gasteiger partial charge in [-0.2, -0.15) is 0 Å². The molecular formula is C17H23NO3S. The topological polar surface area (TPSA) is 54.5 Å². The van der Waals surface area contributed by atoms with Gasteiger partial charge in [-0.25, -0.2) is 12.7 Å². The Morgan fingerprint density at radius 3 is 2.36 bits per heavy atom. The van der Waals surface area contributed by atoms with Gasteiger partial charge in [0, 0.05) is 6.54 Å². The Kier molecular flexibility index (Phi) is 6.60. The van der Waals surface area contributed by atoms with Gasteiger partial charge in [0.05, 0.1) is 12.2 Å². The first-order chi connectivity index (χ1) is 10.3. The summed E-state index contributed by atoms with van der Waals surface area (Å²) in [6.07, 6.45) is 2.51. The molecule has 0 spiro atoms. The normalized spacial score (nSPS) is 12.3. The fourth-order valence-corrected chi connectivity index (χ4v) is 3.10. The van der Waals surface area contributed by atoms with Gasteiger partial charge < -0.3 is 0 Å². The zero-order chi connectivity index (χ0) is 16.8. The molecule has 0 aliphatic carbocycles. The minimum atomic E-state index is -3.61. The van der Waals surface area contributed by atoms with Crippen molar-refractivity contribution in [3.63, 3.8) is 0 Å². The van der Waals surface area contributed by atoms with Crippen molar-refractivity contribution in [3.05, 3.63) is 53.8 Å². The predicted octanol–water partition coefficient (Wildman–Crippen LogP) is 3.09. The minimum Gasteiger partial charge on any atom is -0.273 e. The van der Waals surface area contributed by atoms with Crippen LogP contribution in [0.2, 0.25) is 0 Å². The van der Waals surface area contributed by atoms with Gasteiger partial charge >= 0.3 is 0 Å². The number of hydrogen-bond acceptors (Lipinski definition) is 3. The van der Waals surface area contributed by atoms with Gasteiger partial charge in [0.1, 0.15) is 0 Å². The molecule has 1 aromatic carbocycles. The number of benzene rings is 1. The molecule has 1 amide bonds. The largest absolute Gasteiger partial charge is 0.273 e. The lowest BCUT2D eigenvalue weighted by atomic mass is 9.91. The number of unbranched alkanes of at least 4 members (excludes halogenated alkanes) is 1. The molecule has 0 aromatic heterocycles. The summed E-state index contributed by atoms with van der Waals surface area (Å²) < 4.78 is 24.9. The van der Waals surface area contributed by atoms with E-state index in [-0.39, 0.29) is 6.54 Å². The minimum absolute atomic E-state index is 0.196. The summed E-state index contributed by atoms with van der Waals surface area (Å²) >= 11 is 0. The van der Waals surface area contributed by atoms with E-state index < -0.39 is 21.8 Å². The quantitative estimate of drug-likeness (QED) is 0.725. The summed E-state index contributed by atoms with van der Waals surface area (Å²) in [5, 5.41) is 0. The maximum absolute atomic E-state index is 12.9. The highest BCUT2D eigenvalue weighted by Gasteiger charge is 2.31. The van der Waals surface area contributed by atoms with Gasteiger partial charge in [0.25, 0.3) is 0 Å². The molecule has 0 radical (unpaired) electrons. The van der Waals surface area contributed by atoms with E-state index in [1.165, 1.54) is 0 Å². The maximum Gasteiger partial charge on any atom is 0.248 e. The lowest BCUT2D eigenvalue weighted by Gasteiger charge is -2.26. The molecular weight excluding hydrogens is 298 g/mol. The molecule has 22 heavy (non-hydrogen) atoms. The fourth-order valence-electron chi connectivity index (χ4n) is 2.21. The Labute approximate surface area is 133 Å². The highest BCUT2D eigenvalue weighted by molar-refractivity contribution is 7.88. The van der Waals surface area contributed by atoms with E-state index in [2.05, 4.69) is 12.3 Å². The molecule has 0 N–H and O–H groups in total. The van der Waals surface area contributed by atoms with Gasteiger partial charge in [-0.1, -0.05) is 50.3 Å². The van der Waals surface area contributed by atoms with Gasteiger partial charge in [0.2, 0.25) is 15.9 Å². The van der Waals surface area contributed by atoms with E-state index in [1.807, 2.05) is 37.3 Å². The van der Waals surface area contributed by atoms with Crippen LogP contribution >= 0.6 is 0 Å². The van der Waals surface area contributed by atoms with Crippen LogP contribution in [0.1, 0.15) is 38.2 Å². The van der Waals surface area contributed by atoms with Crippen LogP contribution in [0.3, 0.4) is 0 Å². The third-order valence-corrected chi connectivity index (χ3v) is 4.62. The van der Waals surface area contributed by atoms with Crippen LogP contribution in [-0.4, -0.2) is 31.4 Å². The molecule has 0 saturated carbocycles. The number of carbonyl (C=O) groups is 1. The van der Waals surface area contributed by atoms with Crippen molar-refractivity contribution in [2.75, 3.05) is 12.8 Å². The summed E-state index contributed by atoms with van der Waals surface area (Å²) in [5.41, 5.74) is 4.09. The van der Waals surface area contributed by atoms with Crippen LogP contribution in [0.25, 0.3) is 0 Å². The van der Waals surface area contributed by atoms with Crippen molar-refractivity contribution in [1.29, 1.82) is 0 Å². The second kappa shape index (κ2) is 7.97. The molecule has 4 nitrogen and oxygen atoms in total. The van der Waals surface area contributed by atoms with Gasteiger partial charge in [0.15, 0.2) is 0 Å². The van der Waals surface area contributed by atoms with Crippen LogP contribution < -0.4 is 0 Å². The first-order valence-electron chi connectivity index (χ1n) is 7.26. The predicted molar refractivity (Wildman–Crippen MR) is 89.0 cm³/mol. The Morgan fingerprint density at radius 1 is 1.32 bits per heavy atom. The first kappa shape index (κ1) is 18.2. The number of carbonyl (C=O) groups excluding carboxylic acids is 1. The van der Waals surface area contributed by atoms with Crippen LogP contribution in [0.4, 0.5) is 0 Å². The summed E-state index contributed by atoms with van der Waals surface area (Å²) in [6.45, 7) is 7.48. The number of amides is 1. The molecule has 0 heterocycles. The van der Waals surface area contributed by atoms with Crippen LogP contribution in [-0.2, 0) is 14.8 Å². The zero-order valence-electron chi connectivity index (χ0n) is 13.4. The summed E-state index contributed by atoms with van der Waals surface area (Å²) in [4.78, 5) is 12.9. The Balaban J connectivity index is 3.28. The summed E-state index contributed by atoms with van der Waals surface area (Å²) in [7, 11) is -3.61. The van der Waals surface area contributed by atoms with E-state index in [0.717, 1.165) is 22.5 Å². The van der Waals surface area contributed by atoms with E-state index in [4.69, 9.17) is 0 Å². The molecule has 1 unspecified atom stereocenters. The van der Waals surface area contributed by atoms with E-state index >= 15 is 0 Å². The van der Waals surface area contributed by atoms with Gasteiger partial charge in [-0.15, -0.1) is 5.73 Å². The second-order valence-electron chi connectivity index (χ2n) is 5.23. The number of hydrogen-bond donors (Lipinski definition) is 0. The monoisotopic (exact) mass is 321 g/mol. The number of sulfonamides is 1. The Morgan fingerprint density at radius 2 is 1.91 bits per heavy atom. The lowest BCUT2D eigenvalue weighted by Crippen LogP contribution is -2.40. The highest BCUT2D eigenvalue weighted by Crippen LogP contribution is 2.27.